The van der Waals surface area contributed by atoms with Crippen LogP contribution in [0.3, 0.4) is 0 Å². The molecule has 1 fully saturated rings. The van der Waals surface area contributed by atoms with E-state index in [4.69, 9.17) is 17.3 Å². The summed E-state index contributed by atoms with van der Waals surface area (Å²) in [4.78, 5) is 27.0. The number of nitrogens with two attached hydrogens (primary N) is 1. The lowest BCUT2D eigenvalue weighted by Crippen LogP contribution is -2.50. The average Bonchev–Trinajstić information content (AvgIpc) is 2.38. The number of benzene rings is 1. The van der Waals surface area contributed by atoms with E-state index in [1.54, 1.807) is 28.0 Å². The Hall–Kier alpha value is -1.75. The Morgan fingerprint density at radius 1 is 1.16 bits per heavy atom. The summed E-state index contributed by atoms with van der Waals surface area (Å²) in [6, 6.07) is 4.86. The number of amides is 2. The van der Waals surface area contributed by atoms with Gasteiger partial charge in [0.1, 0.15) is 0 Å². The Kier molecular flexibility index (Phi) is 3.95. The summed E-state index contributed by atoms with van der Waals surface area (Å²) in [5, 5.41) is 0.360. The van der Waals surface area contributed by atoms with Gasteiger partial charge in [-0.25, -0.2) is 0 Å². The van der Waals surface area contributed by atoms with Crippen LogP contribution in [0.15, 0.2) is 18.2 Å². The van der Waals surface area contributed by atoms with Gasteiger partial charge in [0.05, 0.1) is 10.6 Å². The molecule has 1 saturated heterocycles. The first-order chi connectivity index (χ1) is 8.99. The summed E-state index contributed by atoms with van der Waals surface area (Å²) in [5.41, 5.74) is 6.59. The number of hydrogen-bond acceptors (Lipinski definition) is 3. The van der Waals surface area contributed by atoms with Gasteiger partial charge in [-0.15, -0.1) is 0 Å². The Bertz CT molecular complexity index is 511. The first-order valence-electron chi connectivity index (χ1n) is 6.09. The number of halogens is 1. The van der Waals surface area contributed by atoms with Gasteiger partial charge in [0.2, 0.25) is 5.91 Å². The number of anilines is 1. The van der Waals surface area contributed by atoms with E-state index in [1.807, 2.05) is 0 Å². The maximum atomic E-state index is 12.3. The molecule has 1 aliphatic heterocycles. The minimum Gasteiger partial charge on any atom is -0.399 e. The van der Waals surface area contributed by atoms with Crippen molar-refractivity contribution in [3.8, 4) is 0 Å². The molecule has 1 aliphatic rings. The summed E-state index contributed by atoms with van der Waals surface area (Å²) in [6.45, 7) is 3.72. The Labute approximate surface area is 116 Å². The molecule has 0 saturated carbocycles. The molecule has 2 amide bonds. The van der Waals surface area contributed by atoms with Crippen LogP contribution in [-0.2, 0) is 4.79 Å². The van der Waals surface area contributed by atoms with Gasteiger partial charge >= 0.3 is 0 Å². The van der Waals surface area contributed by atoms with Gasteiger partial charge in [0.25, 0.3) is 5.91 Å². The summed E-state index contributed by atoms with van der Waals surface area (Å²) >= 11 is 6.03. The molecule has 1 aromatic rings. The third-order valence-electron chi connectivity index (χ3n) is 3.24. The van der Waals surface area contributed by atoms with Gasteiger partial charge in [-0.3, -0.25) is 9.59 Å². The number of rotatable bonds is 1. The molecular formula is C13H16ClN3O2. The second-order valence-electron chi connectivity index (χ2n) is 4.54. The van der Waals surface area contributed by atoms with E-state index in [9.17, 15) is 9.59 Å². The first-order valence-corrected chi connectivity index (χ1v) is 6.46. The van der Waals surface area contributed by atoms with Gasteiger partial charge in [-0.05, 0) is 18.2 Å². The smallest absolute Gasteiger partial charge is 0.255 e. The van der Waals surface area contributed by atoms with Gasteiger partial charge in [-0.2, -0.15) is 0 Å². The average molecular weight is 282 g/mol. The quantitative estimate of drug-likeness (QED) is 0.787. The molecule has 0 bridgehead atoms. The molecule has 0 unspecified atom stereocenters. The largest absolute Gasteiger partial charge is 0.399 e. The van der Waals surface area contributed by atoms with Crippen molar-refractivity contribution >= 4 is 29.1 Å². The highest BCUT2D eigenvalue weighted by molar-refractivity contribution is 6.34. The van der Waals surface area contributed by atoms with E-state index in [0.29, 0.717) is 42.5 Å². The molecule has 2 rings (SSSR count). The fourth-order valence-electron chi connectivity index (χ4n) is 2.10. The second kappa shape index (κ2) is 5.48. The molecule has 0 atom stereocenters. The summed E-state index contributed by atoms with van der Waals surface area (Å²) in [5.74, 6) is -0.0779. The molecule has 0 aromatic heterocycles. The third-order valence-corrected chi connectivity index (χ3v) is 3.55. The lowest BCUT2D eigenvalue weighted by Gasteiger charge is -2.34. The van der Waals surface area contributed by atoms with Crippen molar-refractivity contribution in [2.45, 2.75) is 6.92 Å². The standard InChI is InChI=1S/C13H16ClN3O2/c1-9(18)16-4-6-17(7-5-16)13(19)11-3-2-10(15)8-12(11)14/h2-3,8H,4-7,15H2,1H3. The molecule has 2 N–H and O–H groups in total. The Balaban J connectivity index is 2.07. The van der Waals surface area contributed by atoms with Gasteiger partial charge in [-0.1, -0.05) is 11.6 Å². The minimum atomic E-state index is -0.117. The van der Waals surface area contributed by atoms with Crippen LogP contribution >= 0.6 is 11.6 Å². The van der Waals surface area contributed by atoms with E-state index in [1.165, 1.54) is 6.92 Å². The lowest BCUT2D eigenvalue weighted by molar-refractivity contribution is -0.130. The minimum absolute atomic E-state index is 0.0395. The van der Waals surface area contributed by atoms with E-state index in [2.05, 4.69) is 0 Å². The van der Waals surface area contributed by atoms with Crippen molar-refractivity contribution < 1.29 is 9.59 Å². The maximum Gasteiger partial charge on any atom is 0.255 e. The van der Waals surface area contributed by atoms with Gasteiger partial charge in [0.15, 0.2) is 0 Å². The summed E-state index contributed by atoms with van der Waals surface area (Å²) in [7, 11) is 0. The van der Waals surface area contributed by atoms with Crippen molar-refractivity contribution in [2.75, 3.05) is 31.9 Å². The van der Waals surface area contributed by atoms with Crippen LogP contribution in [0.2, 0.25) is 5.02 Å². The van der Waals surface area contributed by atoms with Crippen molar-refractivity contribution in [1.29, 1.82) is 0 Å². The highest BCUT2D eigenvalue weighted by Gasteiger charge is 2.24. The van der Waals surface area contributed by atoms with Crippen LogP contribution in [0.1, 0.15) is 17.3 Å². The van der Waals surface area contributed by atoms with Crippen LogP contribution in [0.25, 0.3) is 0 Å². The van der Waals surface area contributed by atoms with E-state index < -0.39 is 0 Å². The van der Waals surface area contributed by atoms with Crippen LogP contribution in [0.5, 0.6) is 0 Å². The van der Waals surface area contributed by atoms with Gasteiger partial charge < -0.3 is 15.5 Å². The Morgan fingerprint density at radius 3 is 2.26 bits per heavy atom. The molecule has 102 valence electrons. The second-order valence-corrected chi connectivity index (χ2v) is 4.94. The fourth-order valence-corrected chi connectivity index (χ4v) is 2.37. The first kappa shape index (κ1) is 13.7. The zero-order chi connectivity index (χ0) is 14.0. The monoisotopic (exact) mass is 281 g/mol. The predicted octanol–water partition coefficient (Wildman–Crippen LogP) is 1.23. The molecular weight excluding hydrogens is 266 g/mol. The number of hydrogen-bond donors (Lipinski definition) is 1. The molecule has 19 heavy (non-hydrogen) atoms. The van der Waals surface area contributed by atoms with Crippen molar-refractivity contribution in [2.24, 2.45) is 0 Å². The Morgan fingerprint density at radius 2 is 1.74 bits per heavy atom. The van der Waals surface area contributed by atoms with E-state index in [-0.39, 0.29) is 11.8 Å². The molecule has 1 aromatic carbocycles. The highest BCUT2D eigenvalue weighted by atomic mass is 35.5. The lowest BCUT2D eigenvalue weighted by atomic mass is 10.1. The fraction of sp³-hybridized carbons (Fsp3) is 0.385. The number of carbonyl (C=O) groups excluding carboxylic acids is 2. The molecule has 5 nitrogen and oxygen atoms in total. The van der Waals surface area contributed by atoms with Crippen LogP contribution in [0, 0.1) is 0 Å². The third kappa shape index (κ3) is 2.98. The van der Waals surface area contributed by atoms with Crippen molar-refractivity contribution in [3.63, 3.8) is 0 Å². The summed E-state index contributed by atoms with van der Waals surface area (Å²) in [6.07, 6.45) is 0. The summed E-state index contributed by atoms with van der Waals surface area (Å²) < 4.78 is 0. The molecule has 1 heterocycles. The maximum absolute atomic E-state index is 12.3. The van der Waals surface area contributed by atoms with Crippen LogP contribution in [0.4, 0.5) is 5.69 Å². The topological polar surface area (TPSA) is 66.6 Å². The van der Waals surface area contributed by atoms with Crippen LogP contribution < -0.4 is 5.73 Å². The number of piperazine rings is 1. The molecule has 6 heteroatoms. The van der Waals surface area contributed by atoms with Crippen molar-refractivity contribution in [1.82, 2.24) is 9.80 Å². The van der Waals surface area contributed by atoms with E-state index in [0.717, 1.165) is 0 Å². The molecule has 0 aliphatic carbocycles. The predicted molar refractivity (Wildman–Crippen MR) is 74.0 cm³/mol. The highest BCUT2D eigenvalue weighted by Crippen LogP contribution is 2.21. The molecule has 0 radical (unpaired) electrons. The van der Waals surface area contributed by atoms with Crippen molar-refractivity contribution in [3.05, 3.63) is 28.8 Å². The zero-order valence-electron chi connectivity index (χ0n) is 10.7. The van der Waals surface area contributed by atoms with Crippen LogP contribution in [-0.4, -0.2) is 47.8 Å². The normalized spacial score (nSPS) is 15.5. The van der Waals surface area contributed by atoms with Gasteiger partial charge in [0, 0.05) is 38.8 Å². The zero-order valence-corrected chi connectivity index (χ0v) is 11.5. The SMILES string of the molecule is CC(=O)N1CCN(C(=O)c2ccc(N)cc2Cl)CC1. The number of carbonyl (C=O) groups is 2. The molecule has 0 spiro atoms. The number of nitrogen functional groups attached to an aromatic ring is 1. The number of nitrogens with zero attached hydrogens (tertiary/aromatic N) is 2. The van der Waals surface area contributed by atoms with E-state index >= 15 is 0 Å².